The number of amides is 1. The maximum Gasteiger partial charge on any atom is 0.250 e. The minimum atomic E-state index is -0.110. The van der Waals surface area contributed by atoms with Crippen LogP contribution >= 0.6 is 23.2 Å². The number of nitrogens with zero attached hydrogens (tertiary/aromatic N) is 1. The van der Waals surface area contributed by atoms with Crippen molar-refractivity contribution in [2.75, 3.05) is 0 Å². The molecule has 122 valence electrons. The van der Waals surface area contributed by atoms with Crippen LogP contribution in [0.5, 0.6) is 0 Å². The van der Waals surface area contributed by atoms with Gasteiger partial charge in [-0.15, -0.1) is 0 Å². The summed E-state index contributed by atoms with van der Waals surface area (Å²) in [6, 6.07) is 10.2. The van der Waals surface area contributed by atoms with Crippen LogP contribution in [0.2, 0.25) is 10.0 Å². The Balaban J connectivity index is 1.85. The highest BCUT2D eigenvalue weighted by atomic mass is 35.5. The summed E-state index contributed by atoms with van der Waals surface area (Å²) in [5, 5.41) is 4.09. The molecule has 0 saturated heterocycles. The predicted molar refractivity (Wildman–Crippen MR) is 93.1 cm³/mol. The van der Waals surface area contributed by atoms with Crippen molar-refractivity contribution in [3.8, 4) is 0 Å². The molecule has 6 heteroatoms. The Hall–Kier alpha value is -1.78. The highest BCUT2D eigenvalue weighted by Gasteiger charge is 2.11. The maximum absolute atomic E-state index is 12.0. The molecule has 0 radical (unpaired) electrons. The van der Waals surface area contributed by atoms with E-state index in [4.69, 9.17) is 23.2 Å². The molecule has 2 rings (SSSR count). The molecular formula is C17H18Cl2N2O2. The van der Waals surface area contributed by atoms with Gasteiger partial charge in [-0.05, 0) is 37.1 Å². The third-order valence-electron chi connectivity index (χ3n) is 3.43. The summed E-state index contributed by atoms with van der Waals surface area (Å²) in [7, 11) is 0. The van der Waals surface area contributed by atoms with Crippen molar-refractivity contribution >= 4 is 29.1 Å². The van der Waals surface area contributed by atoms with Gasteiger partial charge in [0.2, 0.25) is 5.91 Å². The van der Waals surface area contributed by atoms with Gasteiger partial charge in [-0.25, -0.2) is 0 Å². The number of carbonyl (C=O) groups excluding carboxylic acids is 1. The molecular weight excluding hydrogens is 335 g/mol. The standard InChI is InChI=1S/C17H18Cl2N2O2/c1-12(10-13-5-6-14(18)11-15(13)19)20-16(22)7-9-21-8-3-2-4-17(21)23/h2-6,8,11-12H,7,9-10H2,1H3,(H,20,22). The first-order valence-corrected chi connectivity index (χ1v) is 8.10. The van der Waals surface area contributed by atoms with Crippen LogP contribution in [-0.4, -0.2) is 16.5 Å². The number of nitrogens with one attached hydrogen (secondary N) is 1. The first-order chi connectivity index (χ1) is 11.0. The minimum Gasteiger partial charge on any atom is -0.353 e. The van der Waals surface area contributed by atoms with Crippen molar-refractivity contribution in [2.24, 2.45) is 0 Å². The van der Waals surface area contributed by atoms with E-state index in [-0.39, 0.29) is 23.9 Å². The molecule has 0 spiro atoms. The Bertz CT molecular complexity index is 743. The van der Waals surface area contributed by atoms with Crippen molar-refractivity contribution in [1.29, 1.82) is 0 Å². The van der Waals surface area contributed by atoms with E-state index in [1.54, 1.807) is 30.5 Å². The monoisotopic (exact) mass is 352 g/mol. The molecule has 0 fully saturated rings. The summed E-state index contributed by atoms with van der Waals surface area (Å²) in [6.45, 7) is 2.28. The van der Waals surface area contributed by atoms with E-state index in [2.05, 4.69) is 5.32 Å². The van der Waals surface area contributed by atoms with Crippen LogP contribution in [0.25, 0.3) is 0 Å². The Morgan fingerprint density at radius 1 is 1.26 bits per heavy atom. The van der Waals surface area contributed by atoms with E-state index >= 15 is 0 Å². The van der Waals surface area contributed by atoms with Crippen molar-refractivity contribution in [3.05, 3.63) is 68.6 Å². The van der Waals surface area contributed by atoms with Crippen LogP contribution < -0.4 is 10.9 Å². The van der Waals surface area contributed by atoms with Gasteiger partial charge in [0.25, 0.3) is 5.56 Å². The lowest BCUT2D eigenvalue weighted by Gasteiger charge is -2.15. The van der Waals surface area contributed by atoms with E-state index in [0.29, 0.717) is 23.0 Å². The molecule has 1 atom stereocenters. The molecule has 0 saturated carbocycles. The SMILES string of the molecule is CC(Cc1ccc(Cl)cc1Cl)NC(=O)CCn1ccccc1=O. The molecule has 0 bridgehead atoms. The zero-order valence-corrected chi connectivity index (χ0v) is 14.3. The highest BCUT2D eigenvalue weighted by Crippen LogP contribution is 2.22. The molecule has 0 aliphatic rings. The molecule has 1 aromatic carbocycles. The maximum atomic E-state index is 12.0. The molecule has 2 aromatic rings. The van der Waals surface area contributed by atoms with Gasteiger partial charge in [-0.2, -0.15) is 0 Å². The fourth-order valence-electron chi connectivity index (χ4n) is 2.28. The average molecular weight is 353 g/mol. The third-order valence-corrected chi connectivity index (χ3v) is 4.01. The third kappa shape index (κ3) is 5.41. The normalized spacial score (nSPS) is 12.0. The summed E-state index contributed by atoms with van der Waals surface area (Å²) in [5.41, 5.74) is 0.824. The van der Waals surface area contributed by atoms with Gasteiger partial charge >= 0.3 is 0 Å². The van der Waals surface area contributed by atoms with Gasteiger partial charge < -0.3 is 9.88 Å². The van der Waals surface area contributed by atoms with E-state index in [1.807, 2.05) is 13.0 Å². The van der Waals surface area contributed by atoms with Gasteiger partial charge in [-0.3, -0.25) is 9.59 Å². The van der Waals surface area contributed by atoms with Gasteiger partial charge in [-0.1, -0.05) is 35.3 Å². The number of hydrogen-bond donors (Lipinski definition) is 1. The Kier molecular flexibility index (Phi) is 6.25. The summed E-state index contributed by atoms with van der Waals surface area (Å²) >= 11 is 12.0. The predicted octanol–water partition coefficient (Wildman–Crippen LogP) is 3.29. The molecule has 1 aromatic heterocycles. The fourth-order valence-corrected chi connectivity index (χ4v) is 2.77. The van der Waals surface area contributed by atoms with Crippen LogP contribution in [0.4, 0.5) is 0 Å². The van der Waals surface area contributed by atoms with E-state index in [0.717, 1.165) is 5.56 Å². The molecule has 23 heavy (non-hydrogen) atoms. The number of aromatic nitrogens is 1. The second-order valence-electron chi connectivity index (χ2n) is 5.39. The lowest BCUT2D eigenvalue weighted by atomic mass is 10.1. The van der Waals surface area contributed by atoms with E-state index in [9.17, 15) is 9.59 Å². The largest absolute Gasteiger partial charge is 0.353 e. The summed E-state index contributed by atoms with van der Waals surface area (Å²) in [5.74, 6) is -0.0988. The Morgan fingerprint density at radius 3 is 2.74 bits per heavy atom. The summed E-state index contributed by atoms with van der Waals surface area (Å²) < 4.78 is 1.51. The molecule has 1 unspecified atom stereocenters. The zero-order chi connectivity index (χ0) is 16.8. The highest BCUT2D eigenvalue weighted by molar-refractivity contribution is 6.35. The second-order valence-corrected chi connectivity index (χ2v) is 6.23. The van der Waals surface area contributed by atoms with Crippen LogP contribution in [-0.2, 0) is 17.8 Å². The number of benzene rings is 1. The van der Waals surface area contributed by atoms with Gasteiger partial charge in [0.05, 0.1) is 0 Å². The van der Waals surface area contributed by atoms with Crippen LogP contribution in [0.3, 0.4) is 0 Å². The van der Waals surface area contributed by atoms with Crippen LogP contribution in [0.1, 0.15) is 18.9 Å². The lowest BCUT2D eigenvalue weighted by Crippen LogP contribution is -2.35. The van der Waals surface area contributed by atoms with E-state index < -0.39 is 0 Å². The van der Waals surface area contributed by atoms with Crippen molar-refractivity contribution < 1.29 is 4.79 Å². The smallest absolute Gasteiger partial charge is 0.250 e. The van der Waals surface area contributed by atoms with Crippen molar-refractivity contribution in [2.45, 2.75) is 32.4 Å². The summed E-state index contributed by atoms with van der Waals surface area (Å²) in [4.78, 5) is 23.6. The van der Waals surface area contributed by atoms with Gasteiger partial charge in [0, 0.05) is 41.3 Å². The molecule has 0 aliphatic heterocycles. The first kappa shape index (κ1) is 17.6. The Morgan fingerprint density at radius 2 is 2.04 bits per heavy atom. The zero-order valence-electron chi connectivity index (χ0n) is 12.8. The van der Waals surface area contributed by atoms with Crippen LogP contribution in [0, 0.1) is 0 Å². The molecule has 1 heterocycles. The number of pyridine rings is 1. The molecule has 1 N–H and O–H groups in total. The number of hydrogen-bond acceptors (Lipinski definition) is 2. The Labute approximate surface area is 145 Å². The second kappa shape index (κ2) is 8.18. The fraction of sp³-hybridized carbons (Fsp3) is 0.294. The van der Waals surface area contributed by atoms with Gasteiger partial charge in [0.15, 0.2) is 0 Å². The number of rotatable bonds is 6. The van der Waals surface area contributed by atoms with Crippen LogP contribution in [0.15, 0.2) is 47.4 Å². The first-order valence-electron chi connectivity index (χ1n) is 7.34. The summed E-state index contributed by atoms with van der Waals surface area (Å²) in [6.07, 6.45) is 2.54. The average Bonchev–Trinajstić information content (AvgIpc) is 2.49. The number of carbonyl (C=O) groups is 1. The molecule has 1 amide bonds. The molecule has 0 aliphatic carbocycles. The number of aryl methyl sites for hydroxylation is 1. The quantitative estimate of drug-likeness (QED) is 0.866. The van der Waals surface area contributed by atoms with Crippen molar-refractivity contribution in [3.63, 3.8) is 0 Å². The van der Waals surface area contributed by atoms with Gasteiger partial charge in [0.1, 0.15) is 0 Å². The topological polar surface area (TPSA) is 51.1 Å². The number of halogens is 2. The molecule has 4 nitrogen and oxygen atoms in total. The lowest BCUT2D eigenvalue weighted by molar-refractivity contribution is -0.121. The minimum absolute atomic E-state index is 0.0614. The van der Waals surface area contributed by atoms with Crippen molar-refractivity contribution in [1.82, 2.24) is 9.88 Å². The van der Waals surface area contributed by atoms with E-state index in [1.165, 1.54) is 10.6 Å².